The van der Waals surface area contributed by atoms with Crippen molar-refractivity contribution in [2.75, 3.05) is 18.4 Å². The second kappa shape index (κ2) is 9.68. The molecular formula is C22H23N3O5S2. The van der Waals surface area contributed by atoms with Crippen LogP contribution in [0, 0.1) is 5.92 Å². The molecule has 1 atom stereocenters. The van der Waals surface area contributed by atoms with E-state index in [9.17, 15) is 18.0 Å². The van der Waals surface area contributed by atoms with Gasteiger partial charge >= 0.3 is 0 Å². The molecule has 2 aromatic heterocycles. The topological polar surface area (TPSA) is 109 Å². The summed E-state index contributed by atoms with van der Waals surface area (Å²) in [6.45, 7) is 0.723. The maximum atomic E-state index is 13.0. The van der Waals surface area contributed by atoms with Gasteiger partial charge in [0.25, 0.3) is 15.9 Å². The summed E-state index contributed by atoms with van der Waals surface area (Å²) in [5, 5.41) is 7.30. The van der Waals surface area contributed by atoms with Crippen molar-refractivity contribution >= 4 is 38.9 Å². The van der Waals surface area contributed by atoms with Crippen molar-refractivity contribution in [2.24, 2.45) is 5.92 Å². The molecule has 0 unspecified atom stereocenters. The molecule has 0 aliphatic carbocycles. The highest BCUT2D eigenvalue weighted by molar-refractivity contribution is 7.91. The first kappa shape index (κ1) is 22.3. The third-order valence-electron chi connectivity index (χ3n) is 5.28. The van der Waals surface area contributed by atoms with Gasteiger partial charge in [-0.15, -0.1) is 11.3 Å². The summed E-state index contributed by atoms with van der Waals surface area (Å²) in [5.74, 6) is -0.531. The number of hydrogen-bond acceptors (Lipinski definition) is 6. The molecule has 0 saturated carbocycles. The number of thiophene rings is 1. The van der Waals surface area contributed by atoms with E-state index in [0.717, 1.165) is 11.3 Å². The molecule has 1 saturated heterocycles. The molecule has 32 heavy (non-hydrogen) atoms. The maximum Gasteiger partial charge on any atom is 0.253 e. The standard InChI is InChI=1S/C22H23N3O5S2/c26-21(16-6-3-11-25(15-16)32(28,29)20-10-5-13-31-20)24-19-9-2-1-8-18(19)22(27)23-14-17-7-4-12-30-17/h1-2,4-5,7-10,12-13,16H,3,6,11,14-15H2,(H,23,27)(H,24,26)/t16-/m1/s1. The zero-order valence-corrected chi connectivity index (χ0v) is 18.8. The van der Waals surface area contributed by atoms with Crippen LogP contribution in [-0.2, 0) is 21.4 Å². The number of nitrogens with zero attached hydrogens (tertiary/aromatic N) is 1. The fourth-order valence-electron chi connectivity index (χ4n) is 3.61. The van der Waals surface area contributed by atoms with Crippen LogP contribution >= 0.6 is 11.3 Å². The molecule has 0 bridgehead atoms. The first-order chi connectivity index (χ1) is 15.4. The molecular weight excluding hydrogens is 450 g/mol. The van der Waals surface area contributed by atoms with Crippen molar-refractivity contribution in [3.05, 3.63) is 71.5 Å². The van der Waals surface area contributed by atoms with E-state index in [0.29, 0.717) is 36.4 Å². The maximum absolute atomic E-state index is 13.0. The van der Waals surface area contributed by atoms with Crippen LogP contribution in [0.5, 0.6) is 0 Å². The zero-order chi connectivity index (χ0) is 22.6. The van der Waals surface area contributed by atoms with Crippen LogP contribution in [0.25, 0.3) is 0 Å². The van der Waals surface area contributed by atoms with Crippen molar-refractivity contribution in [1.82, 2.24) is 9.62 Å². The lowest BCUT2D eigenvalue weighted by Crippen LogP contribution is -2.43. The van der Waals surface area contributed by atoms with Gasteiger partial charge in [-0.2, -0.15) is 4.31 Å². The number of carbonyl (C=O) groups excluding carboxylic acids is 2. The molecule has 1 aromatic carbocycles. The molecule has 3 heterocycles. The van der Waals surface area contributed by atoms with Crippen LogP contribution in [0.1, 0.15) is 29.0 Å². The first-order valence-electron chi connectivity index (χ1n) is 10.2. The summed E-state index contributed by atoms with van der Waals surface area (Å²) in [6, 6.07) is 13.5. The summed E-state index contributed by atoms with van der Waals surface area (Å²) in [7, 11) is -3.61. The zero-order valence-electron chi connectivity index (χ0n) is 17.2. The number of piperidine rings is 1. The average molecular weight is 474 g/mol. The van der Waals surface area contributed by atoms with E-state index in [-0.39, 0.29) is 29.1 Å². The number of benzene rings is 1. The predicted molar refractivity (Wildman–Crippen MR) is 121 cm³/mol. The van der Waals surface area contributed by atoms with Crippen molar-refractivity contribution in [3.8, 4) is 0 Å². The van der Waals surface area contributed by atoms with Crippen LogP contribution in [0.2, 0.25) is 0 Å². The van der Waals surface area contributed by atoms with Gasteiger partial charge in [0, 0.05) is 13.1 Å². The number of rotatable bonds is 7. The Balaban J connectivity index is 1.43. The number of anilines is 1. The molecule has 168 valence electrons. The van der Waals surface area contributed by atoms with Gasteiger partial charge < -0.3 is 15.1 Å². The molecule has 2 amide bonds. The molecule has 10 heteroatoms. The lowest BCUT2D eigenvalue weighted by Gasteiger charge is -2.30. The van der Waals surface area contributed by atoms with Gasteiger partial charge in [0.15, 0.2) is 0 Å². The average Bonchev–Trinajstić information content (AvgIpc) is 3.52. The SMILES string of the molecule is O=C(NCc1ccco1)c1ccccc1NC(=O)[C@@H]1CCCN(S(=O)(=O)c2cccs2)C1. The van der Waals surface area contributed by atoms with Gasteiger partial charge in [-0.1, -0.05) is 18.2 Å². The summed E-state index contributed by atoms with van der Waals surface area (Å²) in [6.07, 6.45) is 2.70. The Bertz CT molecular complexity index is 1170. The van der Waals surface area contributed by atoms with Gasteiger partial charge in [0.2, 0.25) is 5.91 Å². The highest BCUT2D eigenvalue weighted by Gasteiger charge is 2.34. The molecule has 1 aliphatic heterocycles. The first-order valence-corrected chi connectivity index (χ1v) is 12.5. The summed E-state index contributed by atoms with van der Waals surface area (Å²) >= 11 is 1.16. The lowest BCUT2D eigenvalue weighted by atomic mass is 9.98. The van der Waals surface area contributed by atoms with Gasteiger partial charge in [-0.25, -0.2) is 8.42 Å². The van der Waals surface area contributed by atoms with E-state index in [1.165, 1.54) is 10.6 Å². The Hall–Kier alpha value is -2.95. The Kier molecular flexibility index (Phi) is 6.73. The fraction of sp³-hybridized carbons (Fsp3) is 0.273. The van der Waals surface area contributed by atoms with Crippen LogP contribution in [-0.4, -0.2) is 37.6 Å². The lowest BCUT2D eigenvalue weighted by molar-refractivity contribution is -0.120. The Morgan fingerprint density at radius 1 is 1.12 bits per heavy atom. The van der Waals surface area contributed by atoms with Crippen LogP contribution < -0.4 is 10.6 Å². The highest BCUT2D eigenvalue weighted by Crippen LogP contribution is 2.27. The van der Waals surface area contributed by atoms with Crippen LogP contribution in [0.4, 0.5) is 5.69 Å². The molecule has 1 fully saturated rings. The van der Waals surface area contributed by atoms with Crippen molar-refractivity contribution in [2.45, 2.75) is 23.6 Å². The monoisotopic (exact) mass is 473 g/mol. The molecule has 3 aromatic rings. The predicted octanol–water partition coefficient (Wildman–Crippen LogP) is 3.31. The van der Waals surface area contributed by atoms with E-state index in [2.05, 4.69) is 10.6 Å². The van der Waals surface area contributed by atoms with E-state index < -0.39 is 15.9 Å². The number of sulfonamides is 1. The minimum Gasteiger partial charge on any atom is -0.467 e. The Labute approximate surface area is 190 Å². The molecule has 2 N–H and O–H groups in total. The molecule has 1 aliphatic rings. The normalized spacial score (nSPS) is 17.1. The van der Waals surface area contributed by atoms with Gasteiger partial charge in [-0.05, 0) is 48.6 Å². The van der Waals surface area contributed by atoms with E-state index in [4.69, 9.17) is 4.42 Å². The number of carbonyl (C=O) groups is 2. The third-order valence-corrected chi connectivity index (χ3v) is 8.52. The van der Waals surface area contributed by atoms with Crippen LogP contribution in [0.3, 0.4) is 0 Å². The number of hydrogen-bond donors (Lipinski definition) is 2. The van der Waals surface area contributed by atoms with Gasteiger partial charge in [0.05, 0.1) is 30.0 Å². The van der Waals surface area contributed by atoms with Crippen molar-refractivity contribution < 1.29 is 22.4 Å². The van der Waals surface area contributed by atoms with Crippen molar-refractivity contribution in [1.29, 1.82) is 0 Å². The Morgan fingerprint density at radius 3 is 2.72 bits per heavy atom. The summed E-state index contributed by atoms with van der Waals surface area (Å²) < 4.78 is 32.5. The molecule has 0 spiro atoms. The second-order valence-corrected chi connectivity index (χ2v) is 10.5. The number of nitrogens with one attached hydrogen (secondary N) is 2. The minimum atomic E-state index is -3.61. The molecule has 8 nitrogen and oxygen atoms in total. The largest absolute Gasteiger partial charge is 0.467 e. The van der Waals surface area contributed by atoms with Gasteiger partial charge in [0.1, 0.15) is 9.97 Å². The summed E-state index contributed by atoms with van der Waals surface area (Å²) in [5.41, 5.74) is 0.707. The van der Waals surface area contributed by atoms with E-state index in [1.807, 2.05) is 0 Å². The Morgan fingerprint density at radius 2 is 1.97 bits per heavy atom. The highest BCUT2D eigenvalue weighted by atomic mass is 32.2. The van der Waals surface area contributed by atoms with E-state index >= 15 is 0 Å². The number of para-hydroxylation sites is 1. The number of amides is 2. The smallest absolute Gasteiger partial charge is 0.253 e. The second-order valence-electron chi connectivity index (χ2n) is 7.43. The molecule has 4 rings (SSSR count). The van der Waals surface area contributed by atoms with Crippen molar-refractivity contribution in [3.63, 3.8) is 0 Å². The fourth-order valence-corrected chi connectivity index (χ4v) is 6.28. The quantitative estimate of drug-likeness (QED) is 0.547. The summed E-state index contributed by atoms with van der Waals surface area (Å²) in [4.78, 5) is 25.6. The van der Waals surface area contributed by atoms with E-state index in [1.54, 1.807) is 53.9 Å². The molecule has 0 radical (unpaired) electrons. The van der Waals surface area contributed by atoms with Gasteiger partial charge in [-0.3, -0.25) is 9.59 Å². The minimum absolute atomic E-state index is 0.110. The van der Waals surface area contributed by atoms with Crippen LogP contribution in [0.15, 0.2) is 68.8 Å². The third kappa shape index (κ3) is 4.93. The number of furan rings is 1.